The van der Waals surface area contributed by atoms with E-state index in [-0.39, 0.29) is 15.8 Å². The van der Waals surface area contributed by atoms with E-state index in [2.05, 4.69) is 54.8 Å². The molecule has 0 unspecified atom stereocenters. The lowest BCUT2D eigenvalue weighted by molar-refractivity contribution is -0.138. The maximum atomic E-state index is 13.3. The lowest BCUT2D eigenvalue weighted by Crippen LogP contribution is -2.35. The number of hydrogen-bond donors (Lipinski definition) is 1. The summed E-state index contributed by atoms with van der Waals surface area (Å²) in [6, 6.07) is 16.3. The van der Waals surface area contributed by atoms with Crippen LogP contribution in [-0.4, -0.2) is 34.8 Å². The Morgan fingerprint density at radius 3 is 2.61 bits per heavy atom. The smallest absolute Gasteiger partial charge is 0.352 e. The molecule has 3 aromatic rings. The van der Waals surface area contributed by atoms with E-state index in [1.165, 1.54) is 36.6 Å². The van der Waals surface area contributed by atoms with E-state index in [0.717, 1.165) is 58.5 Å². The molecule has 0 saturated carbocycles. The van der Waals surface area contributed by atoms with E-state index in [1.54, 1.807) is 12.1 Å². The van der Waals surface area contributed by atoms with E-state index in [9.17, 15) is 24.8 Å². The average molecular weight is 572 g/mol. The number of carbonyl (C=O) groups excluding carboxylic acids is 1. The molecule has 0 radical (unpaired) electrons. The molecule has 0 amide bonds. The monoisotopic (exact) mass is 571 g/mol. The van der Waals surface area contributed by atoms with Crippen LogP contribution < -0.4 is 19.7 Å². The molecule has 9 heteroatoms. The Labute approximate surface area is 242 Å². The summed E-state index contributed by atoms with van der Waals surface area (Å²) in [5.41, 5.74) is 4.59. The Morgan fingerprint density at radius 1 is 1.12 bits per heavy atom. The normalized spacial score (nSPS) is 13.5. The molecule has 1 N–H and O–H groups in total. The zero-order valence-electron chi connectivity index (χ0n) is 23.1. The summed E-state index contributed by atoms with van der Waals surface area (Å²) in [6.45, 7) is 5.79. The van der Waals surface area contributed by atoms with Crippen molar-refractivity contribution in [3.05, 3.63) is 91.4 Å². The van der Waals surface area contributed by atoms with Crippen LogP contribution in [0, 0.1) is 11.3 Å². The number of nitriles is 1. The van der Waals surface area contributed by atoms with Crippen molar-refractivity contribution in [3.8, 4) is 6.07 Å². The van der Waals surface area contributed by atoms with Crippen LogP contribution in [0.5, 0.6) is 0 Å². The van der Waals surface area contributed by atoms with E-state index in [4.69, 9.17) is 4.74 Å². The Kier molecular flexibility index (Phi) is 9.93. The number of thiazole rings is 1. The number of nitrogens with zero attached hydrogens (tertiary/aromatic N) is 3. The highest BCUT2D eigenvalue weighted by Crippen LogP contribution is 2.36. The number of hydrogen-bond acceptors (Lipinski definition) is 7. The molecule has 0 bridgehead atoms. The van der Waals surface area contributed by atoms with Crippen molar-refractivity contribution in [2.75, 3.05) is 18.1 Å². The quantitative estimate of drug-likeness (QED) is 0.210. The second-order valence-electron chi connectivity index (χ2n) is 9.80. The number of para-hydroxylation sites is 1. The van der Waals surface area contributed by atoms with Crippen LogP contribution in [-0.2, 0) is 33.7 Å². The van der Waals surface area contributed by atoms with Crippen LogP contribution in [0.4, 0.5) is 11.4 Å². The summed E-state index contributed by atoms with van der Waals surface area (Å²) in [6.07, 6.45) is 9.40. The highest BCUT2D eigenvalue weighted by molar-refractivity contribution is 7.07. The van der Waals surface area contributed by atoms with Gasteiger partial charge in [-0.1, -0.05) is 63.1 Å². The second kappa shape index (κ2) is 13.8. The lowest BCUT2D eigenvalue weighted by Gasteiger charge is -2.27. The number of aliphatic carboxylic acids is 1. The number of aromatic nitrogens is 1. The van der Waals surface area contributed by atoms with Crippen LogP contribution in [0.25, 0.3) is 11.6 Å². The first kappa shape index (κ1) is 29.6. The van der Waals surface area contributed by atoms with Gasteiger partial charge in [-0.15, -0.1) is 11.3 Å². The number of aryl methyl sites for hydroxylation is 2. The van der Waals surface area contributed by atoms with Gasteiger partial charge in [-0.3, -0.25) is 14.2 Å². The molecule has 8 nitrogen and oxygen atoms in total. The first-order valence-corrected chi connectivity index (χ1v) is 14.5. The van der Waals surface area contributed by atoms with Gasteiger partial charge >= 0.3 is 11.9 Å². The van der Waals surface area contributed by atoms with Crippen molar-refractivity contribution in [2.24, 2.45) is 0 Å². The minimum absolute atomic E-state index is 0.0522. The van der Waals surface area contributed by atoms with Crippen LogP contribution in [0.2, 0.25) is 0 Å². The third-order valence-corrected chi connectivity index (χ3v) is 8.07. The summed E-state index contributed by atoms with van der Waals surface area (Å²) in [5.74, 6) is -2.21. The summed E-state index contributed by atoms with van der Waals surface area (Å²) >= 11 is 0.900. The third-order valence-electron chi connectivity index (χ3n) is 6.94. The van der Waals surface area contributed by atoms with Crippen LogP contribution in [0.15, 0.2) is 59.9 Å². The zero-order chi connectivity index (χ0) is 29.4. The molecule has 0 saturated heterocycles. The molecule has 2 heterocycles. The summed E-state index contributed by atoms with van der Waals surface area (Å²) < 4.78 is 6.09. The Hall–Kier alpha value is -4.42. The minimum atomic E-state index is -1.27. The summed E-state index contributed by atoms with van der Waals surface area (Å²) in [7, 11) is 0. The standard InChI is InChI=1S/C32H33N3O5S/c1-3-5-6-9-16-34-26-11-8-7-10-23(26)13-14-24-18-22(12-15-27(24)34)19-28-30(38)35(21-29(36)37)31(41-28)25(20-33)32(39)40-17-4-2/h4,7-8,10-12,15,18-19H,2-3,5-6,9,13-14,16-17,21H2,1H3,(H,36,37). The highest BCUT2D eigenvalue weighted by Gasteiger charge is 2.21. The number of anilines is 2. The van der Waals surface area contributed by atoms with Crippen molar-refractivity contribution in [2.45, 2.75) is 52.0 Å². The average Bonchev–Trinajstić information content (AvgIpc) is 3.15. The van der Waals surface area contributed by atoms with Gasteiger partial charge in [0.15, 0.2) is 5.57 Å². The first-order valence-electron chi connectivity index (χ1n) is 13.7. The number of carboxylic acid groups (broad SMARTS) is 1. The molecule has 2 aromatic carbocycles. The minimum Gasteiger partial charge on any atom is -0.480 e. The molecule has 212 valence electrons. The molecule has 0 atom stereocenters. The predicted molar refractivity (Wildman–Crippen MR) is 161 cm³/mol. The van der Waals surface area contributed by atoms with Crippen molar-refractivity contribution in [3.63, 3.8) is 0 Å². The van der Waals surface area contributed by atoms with Crippen molar-refractivity contribution < 1.29 is 19.4 Å². The first-order chi connectivity index (χ1) is 19.9. The number of benzene rings is 2. The summed E-state index contributed by atoms with van der Waals surface area (Å²) in [4.78, 5) is 39.7. The van der Waals surface area contributed by atoms with Gasteiger partial charge in [-0.05, 0) is 60.2 Å². The zero-order valence-corrected chi connectivity index (χ0v) is 23.9. The Morgan fingerprint density at radius 2 is 1.88 bits per heavy atom. The van der Waals surface area contributed by atoms with Crippen molar-refractivity contribution in [1.29, 1.82) is 5.26 Å². The number of unbranched alkanes of at least 4 members (excludes halogenated alkanes) is 3. The second-order valence-corrected chi connectivity index (χ2v) is 10.8. The topological polar surface area (TPSA) is 113 Å². The summed E-state index contributed by atoms with van der Waals surface area (Å²) in [5, 5.41) is 19.1. The Bertz CT molecular complexity index is 1680. The molecule has 0 aliphatic carbocycles. The van der Waals surface area contributed by atoms with Gasteiger partial charge in [0.1, 0.15) is 23.9 Å². The lowest BCUT2D eigenvalue weighted by atomic mass is 10.0. The van der Waals surface area contributed by atoms with E-state index >= 15 is 0 Å². The van der Waals surface area contributed by atoms with Crippen LogP contribution in [0.1, 0.15) is 49.3 Å². The fraction of sp³-hybridized carbons (Fsp3) is 0.312. The largest absolute Gasteiger partial charge is 0.480 e. The fourth-order valence-corrected chi connectivity index (χ4v) is 6.09. The third kappa shape index (κ3) is 6.84. The SMILES string of the molecule is C=CCOC(=O)C(C#N)=c1sc(=Cc2ccc3c(c2)CCc2ccccc2N3CCCCCC)c(=O)n1CC(=O)O. The number of esters is 1. The molecule has 41 heavy (non-hydrogen) atoms. The number of carboxylic acids is 1. The maximum absolute atomic E-state index is 13.3. The van der Waals surface area contributed by atoms with Gasteiger partial charge in [0.2, 0.25) is 0 Å². The van der Waals surface area contributed by atoms with Gasteiger partial charge in [-0.2, -0.15) is 5.26 Å². The maximum Gasteiger partial charge on any atom is 0.352 e. The molecular formula is C32H33N3O5S. The fourth-order valence-electron chi connectivity index (χ4n) is 5.00. The number of fused-ring (bicyclic) bond motifs is 2. The molecule has 4 rings (SSSR count). The molecule has 1 aromatic heterocycles. The molecule has 1 aliphatic heterocycles. The van der Waals surface area contributed by atoms with Crippen molar-refractivity contribution >= 4 is 46.3 Å². The number of rotatable bonds is 11. The molecule has 0 fully saturated rings. The van der Waals surface area contributed by atoms with Crippen molar-refractivity contribution in [1.82, 2.24) is 4.57 Å². The van der Waals surface area contributed by atoms with Crippen LogP contribution >= 0.6 is 11.3 Å². The molecule has 1 aliphatic rings. The highest BCUT2D eigenvalue weighted by atomic mass is 32.1. The van der Waals surface area contributed by atoms with Gasteiger partial charge in [-0.25, -0.2) is 4.79 Å². The Balaban J connectivity index is 1.80. The van der Waals surface area contributed by atoms with E-state index in [1.807, 2.05) is 6.07 Å². The number of ether oxygens (including phenoxy) is 1. The van der Waals surface area contributed by atoms with Gasteiger partial charge < -0.3 is 14.7 Å². The van der Waals surface area contributed by atoms with E-state index in [0.29, 0.717) is 0 Å². The molecule has 0 spiro atoms. The molecular weight excluding hydrogens is 538 g/mol. The van der Waals surface area contributed by atoms with Crippen LogP contribution in [0.3, 0.4) is 0 Å². The number of carbonyl (C=O) groups is 2. The van der Waals surface area contributed by atoms with E-state index < -0.39 is 29.6 Å². The van der Waals surface area contributed by atoms with Gasteiger partial charge in [0, 0.05) is 17.9 Å². The predicted octanol–water partition coefficient (Wildman–Crippen LogP) is 4.04. The van der Waals surface area contributed by atoms with Gasteiger partial charge in [0.25, 0.3) is 5.56 Å². The van der Waals surface area contributed by atoms with Gasteiger partial charge in [0.05, 0.1) is 4.53 Å².